The molecule has 2 saturated heterocycles. The molecule has 5 aromatic rings. The van der Waals surface area contributed by atoms with E-state index in [0.717, 1.165) is 82.1 Å². The lowest BCUT2D eigenvalue weighted by Crippen LogP contribution is -2.51. The van der Waals surface area contributed by atoms with E-state index < -0.39 is 24.3 Å². The SMILES string of the molecule is COC(=O)N[C@H](C(=O)N1CCC[C@@H]1c1ncc(-c2ccc(C#Cc3ccc(-c4ccc(-c5cnc([C@@H]6CCCN6C(=O)[C@H](NC(=O)OC)C(C)C)[nH]5)cc4)cc3)cc2)[nH]1)C(C)C. The normalized spacial score (nSPS) is 17.0. The molecule has 7 rings (SSSR count). The Hall–Kier alpha value is -6.88. The zero-order valence-electron chi connectivity index (χ0n) is 36.0. The van der Waals surface area contributed by atoms with Gasteiger partial charge in [0.1, 0.15) is 23.7 Å². The monoisotopic (exact) mass is 838 g/mol. The van der Waals surface area contributed by atoms with E-state index in [2.05, 4.69) is 78.8 Å². The van der Waals surface area contributed by atoms with E-state index in [4.69, 9.17) is 9.47 Å². The van der Waals surface area contributed by atoms with Gasteiger partial charge in [-0.2, -0.15) is 0 Å². The molecule has 4 N–H and O–H groups in total. The molecule has 322 valence electrons. The summed E-state index contributed by atoms with van der Waals surface area (Å²) in [6.07, 6.45) is 5.61. The highest BCUT2D eigenvalue weighted by molar-refractivity contribution is 5.87. The van der Waals surface area contributed by atoms with Crippen molar-refractivity contribution in [1.29, 1.82) is 0 Å². The molecule has 3 aromatic carbocycles. The summed E-state index contributed by atoms with van der Waals surface area (Å²) < 4.78 is 9.51. The van der Waals surface area contributed by atoms with E-state index in [1.165, 1.54) is 14.2 Å². The largest absolute Gasteiger partial charge is 0.453 e. The average Bonchev–Trinajstić information content (AvgIpc) is 4.14. The van der Waals surface area contributed by atoms with Gasteiger partial charge in [0, 0.05) is 24.2 Å². The highest BCUT2D eigenvalue weighted by atomic mass is 16.5. The van der Waals surface area contributed by atoms with Crippen molar-refractivity contribution in [1.82, 2.24) is 40.4 Å². The quantitative estimate of drug-likeness (QED) is 0.0983. The zero-order chi connectivity index (χ0) is 43.9. The van der Waals surface area contributed by atoms with Crippen LogP contribution in [0.2, 0.25) is 0 Å². The first kappa shape index (κ1) is 43.2. The number of nitrogens with one attached hydrogen (secondary N) is 4. The molecule has 0 bridgehead atoms. The van der Waals surface area contributed by atoms with Crippen LogP contribution in [0, 0.1) is 23.7 Å². The Bertz CT molecular complexity index is 2430. The average molecular weight is 839 g/mol. The fourth-order valence-corrected chi connectivity index (χ4v) is 8.16. The number of aromatic nitrogens is 4. The van der Waals surface area contributed by atoms with E-state index >= 15 is 0 Å². The molecule has 2 aromatic heterocycles. The van der Waals surface area contributed by atoms with Crippen molar-refractivity contribution in [3.05, 3.63) is 108 Å². The second-order valence-corrected chi connectivity index (χ2v) is 16.4. The minimum absolute atomic E-state index is 0.103. The van der Waals surface area contributed by atoms with Gasteiger partial charge in [-0.15, -0.1) is 0 Å². The zero-order valence-corrected chi connectivity index (χ0v) is 36.0. The van der Waals surface area contributed by atoms with Crippen molar-refractivity contribution in [3.63, 3.8) is 0 Å². The molecule has 0 radical (unpaired) electrons. The van der Waals surface area contributed by atoms with E-state index in [1.807, 2.05) is 69.0 Å². The van der Waals surface area contributed by atoms with Gasteiger partial charge in [-0.05, 0) is 84.0 Å². The maximum Gasteiger partial charge on any atom is 0.407 e. The van der Waals surface area contributed by atoms with Crippen molar-refractivity contribution < 1.29 is 28.7 Å². The summed E-state index contributed by atoms with van der Waals surface area (Å²) >= 11 is 0. The Morgan fingerprint density at radius 2 is 0.952 bits per heavy atom. The number of amides is 4. The Morgan fingerprint density at radius 1 is 0.597 bits per heavy atom. The Morgan fingerprint density at radius 3 is 1.32 bits per heavy atom. The Balaban J connectivity index is 0.954. The van der Waals surface area contributed by atoms with Gasteiger partial charge in [0.15, 0.2) is 0 Å². The third kappa shape index (κ3) is 9.68. The lowest BCUT2D eigenvalue weighted by atomic mass is 10.0. The van der Waals surface area contributed by atoms with Crippen molar-refractivity contribution in [2.45, 2.75) is 77.5 Å². The minimum Gasteiger partial charge on any atom is -0.453 e. The molecule has 62 heavy (non-hydrogen) atoms. The van der Waals surface area contributed by atoms with Gasteiger partial charge < -0.3 is 39.9 Å². The number of aromatic amines is 2. The van der Waals surface area contributed by atoms with Crippen LogP contribution in [0.15, 0.2) is 85.2 Å². The molecule has 0 spiro atoms. The third-order valence-electron chi connectivity index (χ3n) is 11.6. The molecule has 2 aliphatic heterocycles. The van der Waals surface area contributed by atoms with Crippen LogP contribution in [0.1, 0.15) is 88.2 Å². The number of rotatable bonds is 11. The molecule has 2 aliphatic rings. The number of carbonyl (C=O) groups is 4. The molecule has 4 atom stereocenters. The molecular weight excluding hydrogens is 785 g/mol. The van der Waals surface area contributed by atoms with Gasteiger partial charge in [-0.3, -0.25) is 9.59 Å². The Labute approximate surface area is 362 Å². The topological polar surface area (TPSA) is 175 Å². The number of hydrogen-bond acceptors (Lipinski definition) is 8. The molecule has 14 nitrogen and oxygen atoms in total. The van der Waals surface area contributed by atoms with E-state index in [-0.39, 0.29) is 35.7 Å². The van der Waals surface area contributed by atoms with Crippen LogP contribution in [0.25, 0.3) is 33.6 Å². The molecule has 4 heterocycles. The second kappa shape index (κ2) is 19.2. The maximum absolute atomic E-state index is 13.5. The first-order valence-electron chi connectivity index (χ1n) is 21.2. The van der Waals surface area contributed by atoms with Gasteiger partial charge >= 0.3 is 12.2 Å². The van der Waals surface area contributed by atoms with Crippen LogP contribution in [0.4, 0.5) is 9.59 Å². The smallest absolute Gasteiger partial charge is 0.407 e. The van der Waals surface area contributed by atoms with Gasteiger partial charge in [0.05, 0.1) is 50.1 Å². The maximum atomic E-state index is 13.5. The first-order valence-corrected chi connectivity index (χ1v) is 21.2. The van der Waals surface area contributed by atoms with Crippen LogP contribution in [-0.4, -0.2) is 93.1 Å². The fraction of sp³-hybridized carbons (Fsp3) is 0.375. The summed E-state index contributed by atoms with van der Waals surface area (Å²) in [5.74, 6) is 7.50. The molecule has 0 unspecified atom stereocenters. The van der Waals surface area contributed by atoms with E-state index in [0.29, 0.717) is 13.1 Å². The number of benzene rings is 3. The minimum atomic E-state index is -0.688. The number of methoxy groups -OCH3 is 2. The number of likely N-dealkylation sites (tertiary alicyclic amines) is 2. The number of nitrogens with zero attached hydrogens (tertiary/aromatic N) is 4. The van der Waals surface area contributed by atoms with Crippen LogP contribution in [-0.2, 0) is 19.1 Å². The standard InChI is InChI=1S/C48H54N8O6/c1-29(2)41(53-47(59)61-5)45(57)55-25-7-9-39(55)43-49-27-37(51-43)35-19-15-32(16-20-35)12-11-31-13-17-33(18-14-31)34-21-23-36(24-22-34)38-28-50-44(52-38)40-10-8-26-56(40)46(58)42(30(3)4)54-48(60)62-6/h13-24,27-30,39-42H,7-10,25-26H2,1-6H3,(H,49,51)(H,50,52)(H,53,59)(H,54,60)/t39-,40+,41+,42-/m1/s1. The predicted molar refractivity (Wildman–Crippen MR) is 235 cm³/mol. The van der Waals surface area contributed by atoms with Crippen LogP contribution >= 0.6 is 0 Å². The predicted octanol–water partition coefficient (Wildman–Crippen LogP) is 7.62. The summed E-state index contributed by atoms with van der Waals surface area (Å²) in [4.78, 5) is 70.8. The van der Waals surface area contributed by atoms with Gasteiger partial charge in [-0.25, -0.2) is 19.6 Å². The van der Waals surface area contributed by atoms with E-state index in [1.54, 1.807) is 17.3 Å². The number of hydrogen-bond donors (Lipinski definition) is 4. The van der Waals surface area contributed by atoms with Gasteiger partial charge in [0.2, 0.25) is 11.8 Å². The summed E-state index contributed by atoms with van der Waals surface area (Å²) in [7, 11) is 2.58. The van der Waals surface area contributed by atoms with Crippen molar-refractivity contribution in [2.75, 3.05) is 27.3 Å². The van der Waals surface area contributed by atoms with Crippen LogP contribution in [0.5, 0.6) is 0 Å². The number of ether oxygens (including phenoxy) is 2. The molecule has 0 saturated carbocycles. The Kier molecular flexibility index (Phi) is 13.4. The van der Waals surface area contributed by atoms with Gasteiger partial charge in [-0.1, -0.05) is 88.1 Å². The first-order chi connectivity index (χ1) is 29.9. The number of alkyl carbamates (subject to hydrolysis) is 2. The highest BCUT2D eigenvalue weighted by Gasteiger charge is 2.39. The molecule has 14 heteroatoms. The number of imidazole rings is 2. The van der Waals surface area contributed by atoms with Crippen LogP contribution < -0.4 is 10.6 Å². The highest BCUT2D eigenvalue weighted by Crippen LogP contribution is 2.35. The fourth-order valence-electron chi connectivity index (χ4n) is 8.16. The molecule has 2 fully saturated rings. The van der Waals surface area contributed by atoms with Crippen molar-refractivity contribution >= 4 is 24.0 Å². The summed E-state index contributed by atoms with van der Waals surface area (Å²) in [6, 6.07) is 22.6. The summed E-state index contributed by atoms with van der Waals surface area (Å²) in [5, 5.41) is 5.39. The number of carbonyl (C=O) groups excluding carboxylic acids is 4. The summed E-state index contributed by atoms with van der Waals surface area (Å²) in [5.41, 5.74) is 7.57. The lowest BCUT2D eigenvalue weighted by molar-refractivity contribution is -0.136. The van der Waals surface area contributed by atoms with Crippen molar-refractivity contribution in [3.8, 4) is 45.5 Å². The number of H-pyrrole nitrogens is 2. The third-order valence-corrected chi connectivity index (χ3v) is 11.6. The molecule has 0 aliphatic carbocycles. The second-order valence-electron chi connectivity index (χ2n) is 16.4. The molecule has 4 amide bonds. The van der Waals surface area contributed by atoms with Crippen molar-refractivity contribution in [2.24, 2.45) is 11.8 Å². The van der Waals surface area contributed by atoms with Gasteiger partial charge in [0.25, 0.3) is 0 Å². The molecular formula is C48H54N8O6. The lowest BCUT2D eigenvalue weighted by Gasteiger charge is -2.30. The van der Waals surface area contributed by atoms with E-state index in [9.17, 15) is 19.2 Å². The summed E-state index contributed by atoms with van der Waals surface area (Å²) in [6.45, 7) is 8.79. The van der Waals surface area contributed by atoms with Crippen LogP contribution in [0.3, 0.4) is 0 Å².